The van der Waals surface area contributed by atoms with Gasteiger partial charge in [-0.3, -0.25) is 4.79 Å². The van der Waals surface area contributed by atoms with E-state index in [-0.39, 0.29) is 17.9 Å². The van der Waals surface area contributed by atoms with Crippen LogP contribution in [0.2, 0.25) is 0 Å². The van der Waals surface area contributed by atoms with E-state index in [0.29, 0.717) is 18.3 Å². The summed E-state index contributed by atoms with van der Waals surface area (Å²) in [7, 11) is 0. The van der Waals surface area contributed by atoms with Gasteiger partial charge in [-0.15, -0.1) is 0 Å². The number of amides is 1. The number of carbonyl (C=O) groups is 2. The van der Waals surface area contributed by atoms with Crippen LogP contribution in [-0.2, 0) is 9.59 Å². The Kier molecular flexibility index (Phi) is 3.74. The van der Waals surface area contributed by atoms with Gasteiger partial charge in [0.25, 0.3) is 0 Å². The SMILES string of the molecule is CC1CCCC1C(=O)N1C(C(=O)O)CC2CCCCC21. The van der Waals surface area contributed by atoms with Crippen LogP contribution in [0.3, 0.4) is 0 Å². The Bertz CT molecular complexity index is 409. The van der Waals surface area contributed by atoms with Crippen LogP contribution in [0.1, 0.15) is 58.3 Å². The summed E-state index contributed by atoms with van der Waals surface area (Å²) in [5, 5.41) is 9.49. The average Bonchev–Trinajstić information content (AvgIpc) is 3.01. The highest BCUT2D eigenvalue weighted by Gasteiger charge is 2.49. The molecule has 1 N–H and O–H groups in total. The van der Waals surface area contributed by atoms with Gasteiger partial charge in [-0.25, -0.2) is 4.79 Å². The molecule has 1 amide bonds. The maximum absolute atomic E-state index is 12.9. The summed E-state index contributed by atoms with van der Waals surface area (Å²) in [5.74, 6) is 0.234. The van der Waals surface area contributed by atoms with Crippen LogP contribution >= 0.6 is 0 Å². The fourth-order valence-electron chi connectivity index (χ4n) is 4.70. The number of likely N-dealkylation sites (tertiary alicyclic amines) is 1. The van der Waals surface area contributed by atoms with Crippen molar-refractivity contribution in [2.24, 2.45) is 17.8 Å². The van der Waals surface area contributed by atoms with Gasteiger partial charge in [0.1, 0.15) is 6.04 Å². The molecule has 5 unspecified atom stereocenters. The van der Waals surface area contributed by atoms with Crippen molar-refractivity contribution in [3.63, 3.8) is 0 Å². The van der Waals surface area contributed by atoms with Gasteiger partial charge in [-0.05, 0) is 43.9 Å². The number of carboxylic acids is 1. The second-order valence-electron chi connectivity index (χ2n) is 6.96. The topological polar surface area (TPSA) is 57.6 Å². The van der Waals surface area contributed by atoms with Gasteiger partial charge >= 0.3 is 5.97 Å². The highest BCUT2D eigenvalue weighted by atomic mass is 16.4. The molecular formula is C16H25NO3. The number of hydrogen-bond acceptors (Lipinski definition) is 2. The quantitative estimate of drug-likeness (QED) is 0.845. The van der Waals surface area contributed by atoms with E-state index < -0.39 is 12.0 Å². The Balaban J connectivity index is 1.83. The number of hydrogen-bond donors (Lipinski definition) is 1. The first-order valence-electron chi connectivity index (χ1n) is 8.14. The number of carboxylic acid groups (broad SMARTS) is 1. The molecule has 20 heavy (non-hydrogen) atoms. The summed E-state index contributed by atoms with van der Waals surface area (Å²) in [6, 6.07) is -0.367. The predicted octanol–water partition coefficient (Wildman–Crippen LogP) is 2.67. The van der Waals surface area contributed by atoms with Crippen molar-refractivity contribution in [3.05, 3.63) is 0 Å². The monoisotopic (exact) mass is 279 g/mol. The minimum atomic E-state index is -0.807. The molecule has 3 fully saturated rings. The van der Waals surface area contributed by atoms with Crippen molar-refractivity contribution < 1.29 is 14.7 Å². The first kappa shape index (κ1) is 13.9. The van der Waals surface area contributed by atoms with Gasteiger partial charge in [0.2, 0.25) is 5.91 Å². The molecule has 4 nitrogen and oxygen atoms in total. The van der Waals surface area contributed by atoms with Crippen LogP contribution < -0.4 is 0 Å². The zero-order valence-corrected chi connectivity index (χ0v) is 12.3. The van der Waals surface area contributed by atoms with Crippen LogP contribution in [0.5, 0.6) is 0 Å². The molecule has 0 radical (unpaired) electrons. The molecule has 0 spiro atoms. The van der Waals surface area contributed by atoms with Crippen molar-refractivity contribution in [1.82, 2.24) is 4.90 Å². The van der Waals surface area contributed by atoms with Gasteiger partial charge in [-0.2, -0.15) is 0 Å². The largest absolute Gasteiger partial charge is 0.480 e. The molecule has 0 aromatic carbocycles. The molecule has 0 aromatic rings. The lowest BCUT2D eigenvalue weighted by atomic mass is 9.84. The van der Waals surface area contributed by atoms with Crippen LogP contribution in [0.4, 0.5) is 0 Å². The Morgan fingerprint density at radius 3 is 2.45 bits per heavy atom. The molecule has 1 heterocycles. The summed E-state index contributed by atoms with van der Waals surface area (Å²) in [6.07, 6.45) is 8.26. The minimum Gasteiger partial charge on any atom is -0.480 e. The van der Waals surface area contributed by atoms with E-state index in [9.17, 15) is 14.7 Å². The molecule has 2 aliphatic carbocycles. The summed E-state index contributed by atoms with van der Waals surface area (Å²) < 4.78 is 0. The van der Waals surface area contributed by atoms with Gasteiger partial charge in [-0.1, -0.05) is 26.2 Å². The van der Waals surface area contributed by atoms with E-state index >= 15 is 0 Å². The highest BCUT2D eigenvalue weighted by molar-refractivity contribution is 5.86. The van der Waals surface area contributed by atoms with Crippen molar-refractivity contribution in [2.45, 2.75) is 70.4 Å². The molecule has 0 bridgehead atoms. The molecule has 1 saturated heterocycles. The molecule has 3 aliphatic rings. The van der Waals surface area contributed by atoms with Gasteiger partial charge < -0.3 is 10.0 Å². The minimum absolute atomic E-state index is 0.0672. The number of aliphatic carboxylic acids is 1. The van der Waals surface area contributed by atoms with E-state index in [1.54, 1.807) is 4.90 Å². The van der Waals surface area contributed by atoms with Crippen molar-refractivity contribution in [2.75, 3.05) is 0 Å². The number of carbonyl (C=O) groups excluding carboxylic acids is 1. The van der Waals surface area contributed by atoms with E-state index in [4.69, 9.17) is 0 Å². The molecule has 4 heteroatoms. The van der Waals surface area contributed by atoms with Gasteiger partial charge in [0, 0.05) is 12.0 Å². The number of nitrogens with zero attached hydrogens (tertiary/aromatic N) is 1. The van der Waals surface area contributed by atoms with E-state index in [2.05, 4.69) is 6.92 Å². The fraction of sp³-hybridized carbons (Fsp3) is 0.875. The smallest absolute Gasteiger partial charge is 0.326 e. The highest BCUT2D eigenvalue weighted by Crippen LogP contribution is 2.42. The maximum atomic E-state index is 12.9. The Morgan fingerprint density at radius 1 is 1.05 bits per heavy atom. The molecule has 1 aliphatic heterocycles. The lowest BCUT2D eigenvalue weighted by Crippen LogP contribution is -2.49. The Hall–Kier alpha value is -1.06. The standard InChI is InChI=1S/C16H25NO3/c1-10-5-4-7-12(10)15(18)17-13-8-3-2-6-11(13)9-14(17)16(19)20/h10-14H,2-9H2,1H3,(H,19,20). The second-order valence-corrected chi connectivity index (χ2v) is 6.96. The third-order valence-electron chi connectivity index (χ3n) is 5.81. The lowest BCUT2D eigenvalue weighted by Gasteiger charge is -2.35. The molecule has 3 rings (SSSR count). The third-order valence-corrected chi connectivity index (χ3v) is 5.81. The van der Waals surface area contributed by atoms with E-state index in [0.717, 1.165) is 38.5 Å². The summed E-state index contributed by atoms with van der Waals surface area (Å²) in [6.45, 7) is 2.14. The molecule has 112 valence electrons. The van der Waals surface area contributed by atoms with Crippen molar-refractivity contribution >= 4 is 11.9 Å². The van der Waals surface area contributed by atoms with Gasteiger partial charge in [0.05, 0.1) is 0 Å². The van der Waals surface area contributed by atoms with E-state index in [1.165, 1.54) is 6.42 Å². The maximum Gasteiger partial charge on any atom is 0.326 e. The Morgan fingerprint density at radius 2 is 1.80 bits per heavy atom. The number of rotatable bonds is 2. The zero-order valence-electron chi connectivity index (χ0n) is 12.3. The summed E-state index contributed by atoms with van der Waals surface area (Å²) in [4.78, 5) is 26.2. The molecule has 0 aromatic heterocycles. The van der Waals surface area contributed by atoms with Gasteiger partial charge in [0.15, 0.2) is 0 Å². The zero-order chi connectivity index (χ0) is 14.3. The van der Waals surface area contributed by atoms with Crippen LogP contribution in [-0.4, -0.2) is 34.0 Å². The molecule has 5 atom stereocenters. The Labute approximate surface area is 120 Å². The lowest BCUT2D eigenvalue weighted by molar-refractivity contribution is -0.152. The average molecular weight is 279 g/mol. The van der Waals surface area contributed by atoms with Crippen LogP contribution in [0, 0.1) is 17.8 Å². The first-order valence-corrected chi connectivity index (χ1v) is 8.14. The molecular weight excluding hydrogens is 254 g/mol. The van der Waals surface area contributed by atoms with Crippen molar-refractivity contribution in [3.8, 4) is 0 Å². The van der Waals surface area contributed by atoms with Crippen molar-refractivity contribution in [1.29, 1.82) is 0 Å². The molecule has 2 saturated carbocycles. The first-order chi connectivity index (χ1) is 9.59. The van der Waals surface area contributed by atoms with Crippen LogP contribution in [0.25, 0.3) is 0 Å². The normalized spacial score (nSPS) is 40.6. The predicted molar refractivity (Wildman–Crippen MR) is 75.1 cm³/mol. The van der Waals surface area contributed by atoms with Crippen LogP contribution in [0.15, 0.2) is 0 Å². The fourth-order valence-corrected chi connectivity index (χ4v) is 4.70. The van der Waals surface area contributed by atoms with E-state index in [1.807, 2.05) is 0 Å². The summed E-state index contributed by atoms with van der Waals surface area (Å²) >= 11 is 0. The third kappa shape index (κ3) is 2.23. The second kappa shape index (κ2) is 5.38. The number of fused-ring (bicyclic) bond motifs is 1. The summed E-state index contributed by atoms with van der Waals surface area (Å²) in [5.41, 5.74) is 0.